The van der Waals surface area contributed by atoms with Crippen molar-refractivity contribution in [2.24, 2.45) is 17.3 Å². The van der Waals surface area contributed by atoms with Crippen molar-refractivity contribution < 1.29 is 24.5 Å². The van der Waals surface area contributed by atoms with Crippen LogP contribution in [0.3, 0.4) is 0 Å². The summed E-state index contributed by atoms with van der Waals surface area (Å²) in [5.41, 5.74) is -0.726. The van der Waals surface area contributed by atoms with Crippen LogP contribution in [0.1, 0.15) is 54.4 Å². The van der Waals surface area contributed by atoms with Crippen LogP contribution in [0.15, 0.2) is 0 Å². The molecule has 0 rings (SSSR count). The highest BCUT2D eigenvalue weighted by atomic mass is 16.6. The van der Waals surface area contributed by atoms with Gasteiger partial charge in [-0.05, 0) is 12.3 Å². The zero-order chi connectivity index (χ0) is 16.1. The number of rotatable bonds is 7. The summed E-state index contributed by atoms with van der Waals surface area (Å²) in [5.74, 6) is -1.55. The lowest BCUT2D eigenvalue weighted by Crippen LogP contribution is -2.43. The Morgan fingerprint density at radius 3 is 2.00 bits per heavy atom. The van der Waals surface area contributed by atoms with Gasteiger partial charge >= 0.3 is 11.9 Å². The third-order valence-electron chi connectivity index (χ3n) is 3.56. The van der Waals surface area contributed by atoms with Crippen LogP contribution in [0.25, 0.3) is 0 Å². The molecule has 0 aliphatic rings. The van der Waals surface area contributed by atoms with Gasteiger partial charge in [0.25, 0.3) is 0 Å². The third-order valence-corrected chi connectivity index (χ3v) is 3.56. The van der Waals surface area contributed by atoms with Crippen molar-refractivity contribution in [3.8, 4) is 0 Å². The second-order valence-electron chi connectivity index (χ2n) is 6.51. The van der Waals surface area contributed by atoms with Gasteiger partial charge in [-0.15, -0.1) is 0 Å². The van der Waals surface area contributed by atoms with E-state index in [0.29, 0.717) is 0 Å². The first kappa shape index (κ1) is 19.1. The molecule has 0 aromatic rings. The zero-order valence-electron chi connectivity index (χ0n) is 13.3. The highest BCUT2D eigenvalue weighted by molar-refractivity contribution is 5.86. The second-order valence-corrected chi connectivity index (χ2v) is 6.51. The van der Waals surface area contributed by atoms with Crippen LogP contribution in [0.2, 0.25) is 0 Å². The molecule has 0 aliphatic carbocycles. The van der Waals surface area contributed by atoms with Crippen molar-refractivity contribution in [2.45, 2.75) is 66.6 Å². The summed E-state index contributed by atoms with van der Waals surface area (Å²) in [6.07, 6.45) is -1.41. The van der Waals surface area contributed by atoms with E-state index in [1.54, 1.807) is 27.7 Å². The monoisotopic (exact) mass is 288 g/mol. The number of hydrogen-bond acceptors (Lipinski definition) is 5. The molecule has 0 heterocycles. The van der Waals surface area contributed by atoms with Crippen molar-refractivity contribution in [3.05, 3.63) is 0 Å². The van der Waals surface area contributed by atoms with E-state index in [2.05, 4.69) is 4.74 Å². The molecule has 20 heavy (non-hydrogen) atoms. The van der Waals surface area contributed by atoms with Crippen molar-refractivity contribution in [3.63, 3.8) is 0 Å². The Bertz CT molecular complexity index is 333. The van der Waals surface area contributed by atoms with E-state index >= 15 is 0 Å². The van der Waals surface area contributed by atoms with E-state index in [1.165, 1.54) is 0 Å². The van der Waals surface area contributed by atoms with Crippen molar-refractivity contribution in [2.75, 3.05) is 0 Å². The van der Waals surface area contributed by atoms with Gasteiger partial charge in [-0.3, -0.25) is 9.59 Å². The number of aliphatic hydroxyl groups excluding tert-OH is 2. The maximum atomic E-state index is 11.5. The lowest BCUT2D eigenvalue weighted by atomic mass is 9.75. The minimum absolute atomic E-state index is 0.00844. The van der Waals surface area contributed by atoms with Gasteiger partial charge in [0.15, 0.2) is 0 Å². The smallest absolute Gasteiger partial charge is 0.316 e. The Kier molecular flexibility index (Phi) is 7.38. The largest absolute Gasteiger partial charge is 0.393 e. The highest BCUT2D eigenvalue weighted by Crippen LogP contribution is 2.32. The lowest BCUT2D eigenvalue weighted by Gasteiger charge is -2.37. The standard InChI is InChI=1S/C15H28O5/c1-9(2)13(18)15(5,6)11(16)7-8-12(17)20-14(19)10(3)4/h9-11,13,16,18H,7-8H2,1-6H3. The molecule has 2 unspecified atom stereocenters. The van der Waals surface area contributed by atoms with E-state index in [0.717, 1.165) is 0 Å². The van der Waals surface area contributed by atoms with Gasteiger partial charge in [0.2, 0.25) is 0 Å². The van der Waals surface area contributed by atoms with Crippen LogP contribution < -0.4 is 0 Å². The number of carbonyl (C=O) groups excluding carboxylic acids is 2. The molecule has 0 bridgehead atoms. The van der Waals surface area contributed by atoms with E-state index < -0.39 is 29.6 Å². The van der Waals surface area contributed by atoms with Crippen molar-refractivity contribution >= 4 is 11.9 Å². The van der Waals surface area contributed by atoms with Crippen molar-refractivity contribution in [1.29, 1.82) is 0 Å². The molecule has 5 heteroatoms. The van der Waals surface area contributed by atoms with Gasteiger partial charge in [-0.2, -0.15) is 0 Å². The summed E-state index contributed by atoms with van der Waals surface area (Å²) in [5, 5.41) is 20.2. The molecule has 0 fully saturated rings. The fraction of sp³-hybridized carbons (Fsp3) is 0.867. The first-order chi connectivity index (χ1) is 9.00. The van der Waals surface area contributed by atoms with Crippen LogP contribution in [0, 0.1) is 17.3 Å². The van der Waals surface area contributed by atoms with Gasteiger partial charge in [-0.25, -0.2) is 0 Å². The Morgan fingerprint density at radius 2 is 1.60 bits per heavy atom. The first-order valence-electron chi connectivity index (χ1n) is 7.10. The molecule has 0 radical (unpaired) electrons. The number of hydrogen-bond donors (Lipinski definition) is 2. The van der Waals surface area contributed by atoms with Crippen molar-refractivity contribution in [1.82, 2.24) is 0 Å². The maximum absolute atomic E-state index is 11.5. The fourth-order valence-electron chi connectivity index (χ4n) is 1.96. The topological polar surface area (TPSA) is 83.8 Å². The van der Waals surface area contributed by atoms with Crippen LogP contribution >= 0.6 is 0 Å². The maximum Gasteiger partial charge on any atom is 0.316 e. The average Bonchev–Trinajstić information content (AvgIpc) is 2.34. The SMILES string of the molecule is CC(C)C(=O)OC(=O)CCC(O)C(C)(C)C(O)C(C)C. The number of carbonyl (C=O) groups is 2. The minimum Gasteiger partial charge on any atom is -0.393 e. The predicted octanol–water partition coefficient (Wildman–Crippen LogP) is 1.90. The normalized spacial score (nSPS) is 15.3. The van der Waals surface area contributed by atoms with E-state index in [1.807, 2.05) is 13.8 Å². The fourth-order valence-corrected chi connectivity index (χ4v) is 1.96. The summed E-state index contributed by atoms with van der Waals surface area (Å²) in [6, 6.07) is 0. The first-order valence-corrected chi connectivity index (χ1v) is 7.10. The molecule has 0 aromatic heterocycles. The molecule has 0 aliphatic heterocycles. The Morgan fingerprint density at radius 1 is 1.10 bits per heavy atom. The molecule has 5 nitrogen and oxygen atoms in total. The number of ether oxygens (including phenoxy) is 1. The van der Waals surface area contributed by atoms with Gasteiger partial charge in [0.05, 0.1) is 18.1 Å². The molecule has 2 N–H and O–H groups in total. The highest BCUT2D eigenvalue weighted by Gasteiger charge is 2.37. The Labute approximate surface area is 121 Å². The third kappa shape index (κ3) is 5.59. The summed E-state index contributed by atoms with van der Waals surface area (Å²) >= 11 is 0. The molecule has 0 saturated heterocycles. The van der Waals surface area contributed by atoms with E-state index in [-0.39, 0.29) is 24.7 Å². The summed E-state index contributed by atoms with van der Waals surface area (Å²) in [7, 11) is 0. The van der Waals surface area contributed by atoms with Gasteiger partial charge in [0.1, 0.15) is 0 Å². The van der Waals surface area contributed by atoms with Crippen LogP contribution in [0.4, 0.5) is 0 Å². The second kappa shape index (κ2) is 7.74. The molecular weight excluding hydrogens is 260 g/mol. The van der Waals surface area contributed by atoms with E-state index in [9.17, 15) is 19.8 Å². The number of aliphatic hydroxyl groups is 2. The Hall–Kier alpha value is -0.940. The van der Waals surface area contributed by atoms with Crippen LogP contribution in [-0.2, 0) is 14.3 Å². The lowest BCUT2D eigenvalue weighted by molar-refractivity contribution is -0.162. The van der Waals surface area contributed by atoms with Gasteiger partial charge < -0.3 is 14.9 Å². The van der Waals surface area contributed by atoms with Gasteiger partial charge in [-0.1, -0.05) is 41.5 Å². The average molecular weight is 288 g/mol. The minimum atomic E-state index is -0.846. The zero-order valence-corrected chi connectivity index (χ0v) is 13.3. The summed E-state index contributed by atoms with van der Waals surface area (Å²) in [4.78, 5) is 22.7. The molecule has 0 spiro atoms. The summed E-state index contributed by atoms with van der Waals surface area (Å²) in [6.45, 7) is 10.5. The predicted molar refractivity (Wildman–Crippen MR) is 75.8 cm³/mol. The molecule has 0 saturated carbocycles. The molecule has 118 valence electrons. The molecule has 0 amide bonds. The molecular formula is C15H28O5. The summed E-state index contributed by atoms with van der Waals surface area (Å²) < 4.78 is 4.63. The molecule has 0 aromatic carbocycles. The quantitative estimate of drug-likeness (QED) is 0.552. The van der Waals surface area contributed by atoms with Crippen LogP contribution in [0.5, 0.6) is 0 Å². The van der Waals surface area contributed by atoms with Crippen LogP contribution in [-0.4, -0.2) is 34.4 Å². The van der Waals surface area contributed by atoms with E-state index in [4.69, 9.17) is 0 Å². The Balaban J connectivity index is 4.38. The van der Waals surface area contributed by atoms with Gasteiger partial charge in [0, 0.05) is 11.8 Å². The number of esters is 2. The molecule has 2 atom stereocenters.